The van der Waals surface area contributed by atoms with Crippen molar-refractivity contribution in [3.8, 4) is 11.4 Å². The molecule has 156 valence electrons. The second-order valence-corrected chi connectivity index (χ2v) is 8.89. The summed E-state index contributed by atoms with van der Waals surface area (Å²) in [6.07, 6.45) is -1.72. The molecule has 2 amide bonds. The minimum absolute atomic E-state index is 0.0945. The van der Waals surface area contributed by atoms with Gasteiger partial charge in [0.15, 0.2) is 0 Å². The number of hydrogen-bond acceptors (Lipinski definition) is 6. The van der Waals surface area contributed by atoms with Gasteiger partial charge in [-0.3, -0.25) is 4.98 Å². The summed E-state index contributed by atoms with van der Waals surface area (Å²) >= 11 is 3.38. The zero-order valence-corrected chi connectivity index (χ0v) is 19.1. The Morgan fingerprint density at radius 3 is 1.83 bits per heavy atom. The maximum atomic E-state index is 12.8. The third kappa shape index (κ3) is 6.81. The standard InChI is InChI=1S/C21H26BrN3O4/c1-20(2,3)28-18(26)25(19(27)29-21(4,5)6)17-12-8-11-16(24-17)15-10-7-9-14(13-22)23-15/h7-12H,13H2,1-6H3. The number of carbonyl (C=O) groups excluding carboxylic acids is 2. The number of nitrogens with zero attached hydrogens (tertiary/aromatic N) is 3. The summed E-state index contributed by atoms with van der Waals surface area (Å²) in [5, 5.41) is 0.600. The van der Waals surface area contributed by atoms with E-state index in [0.717, 1.165) is 10.6 Å². The lowest BCUT2D eigenvalue weighted by molar-refractivity contribution is 0.0429. The van der Waals surface area contributed by atoms with Crippen LogP contribution in [0.3, 0.4) is 0 Å². The van der Waals surface area contributed by atoms with Crippen LogP contribution >= 0.6 is 15.9 Å². The van der Waals surface area contributed by atoms with Crippen LogP contribution in [0.15, 0.2) is 36.4 Å². The Bertz CT molecular complexity index is 860. The predicted molar refractivity (Wildman–Crippen MR) is 115 cm³/mol. The molecule has 0 atom stereocenters. The normalized spacial score (nSPS) is 11.7. The number of amides is 2. The van der Waals surface area contributed by atoms with Crippen molar-refractivity contribution in [3.05, 3.63) is 42.1 Å². The lowest BCUT2D eigenvalue weighted by atomic mass is 10.2. The van der Waals surface area contributed by atoms with E-state index in [-0.39, 0.29) is 5.82 Å². The number of hydrogen-bond donors (Lipinski definition) is 0. The van der Waals surface area contributed by atoms with Gasteiger partial charge < -0.3 is 9.47 Å². The molecule has 0 saturated carbocycles. The average molecular weight is 464 g/mol. The molecule has 0 N–H and O–H groups in total. The number of ether oxygens (including phenoxy) is 2. The van der Waals surface area contributed by atoms with Crippen LogP contribution in [0.1, 0.15) is 47.2 Å². The van der Waals surface area contributed by atoms with Gasteiger partial charge in [0.05, 0.1) is 17.1 Å². The van der Waals surface area contributed by atoms with Gasteiger partial charge in [-0.2, -0.15) is 4.90 Å². The van der Waals surface area contributed by atoms with E-state index >= 15 is 0 Å². The molecule has 0 aliphatic heterocycles. The number of halogens is 1. The highest BCUT2D eigenvalue weighted by molar-refractivity contribution is 9.08. The van der Waals surface area contributed by atoms with Gasteiger partial charge in [-0.1, -0.05) is 28.1 Å². The molecule has 0 bridgehead atoms. The van der Waals surface area contributed by atoms with Crippen molar-refractivity contribution < 1.29 is 19.1 Å². The fourth-order valence-corrected chi connectivity index (χ4v) is 2.58. The molecule has 0 fully saturated rings. The Morgan fingerprint density at radius 1 is 0.862 bits per heavy atom. The quantitative estimate of drug-likeness (QED) is 0.541. The molecule has 29 heavy (non-hydrogen) atoms. The fraction of sp³-hybridized carbons (Fsp3) is 0.429. The highest BCUT2D eigenvalue weighted by atomic mass is 79.9. The van der Waals surface area contributed by atoms with E-state index in [1.165, 1.54) is 0 Å². The highest BCUT2D eigenvalue weighted by Crippen LogP contribution is 2.23. The molecule has 0 spiro atoms. The van der Waals surface area contributed by atoms with Crippen molar-refractivity contribution in [1.82, 2.24) is 9.97 Å². The van der Waals surface area contributed by atoms with Crippen LogP contribution in [-0.4, -0.2) is 33.4 Å². The zero-order valence-electron chi connectivity index (χ0n) is 17.5. The van der Waals surface area contributed by atoms with E-state index in [2.05, 4.69) is 25.9 Å². The molecule has 0 saturated heterocycles. The van der Waals surface area contributed by atoms with Crippen molar-refractivity contribution in [1.29, 1.82) is 0 Å². The van der Waals surface area contributed by atoms with Gasteiger partial charge in [0.25, 0.3) is 0 Å². The van der Waals surface area contributed by atoms with E-state index in [4.69, 9.17) is 9.47 Å². The summed E-state index contributed by atoms with van der Waals surface area (Å²) in [5.74, 6) is 0.0945. The number of rotatable bonds is 3. The Hall–Kier alpha value is -2.48. The van der Waals surface area contributed by atoms with Crippen molar-refractivity contribution in [2.24, 2.45) is 0 Å². The minimum atomic E-state index is -0.862. The first-order valence-electron chi connectivity index (χ1n) is 9.15. The highest BCUT2D eigenvalue weighted by Gasteiger charge is 2.33. The molecule has 2 rings (SSSR count). The number of alkyl halides is 1. The molecule has 0 aromatic carbocycles. The van der Waals surface area contributed by atoms with Crippen molar-refractivity contribution in [3.63, 3.8) is 0 Å². The second-order valence-electron chi connectivity index (χ2n) is 8.32. The summed E-state index contributed by atoms with van der Waals surface area (Å²) < 4.78 is 10.8. The van der Waals surface area contributed by atoms with Gasteiger partial charge in [0.1, 0.15) is 17.0 Å². The summed E-state index contributed by atoms with van der Waals surface area (Å²) in [5.41, 5.74) is 0.395. The molecule has 2 heterocycles. The fourth-order valence-electron chi connectivity index (χ4n) is 2.26. The first kappa shape index (κ1) is 22.8. The smallest absolute Gasteiger partial charge is 0.425 e. The van der Waals surface area contributed by atoms with Gasteiger partial charge in [-0.15, -0.1) is 0 Å². The van der Waals surface area contributed by atoms with Crippen LogP contribution in [0.25, 0.3) is 11.4 Å². The monoisotopic (exact) mass is 463 g/mol. The van der Waals surface area contributed by atoms with Gasteiger partial charge >= 0.3 is 12.2 Å². The minimum Gasteiger partial charge on any atom is -0.443 e. The van der Waals surface area contributed by atoms with Crippen LogP contribution in [-0.2, 0) is 14.8 Å². The number of anilines is 1. The van der Waals surface area contributed by atoms with Gasteiger partial charge in [0, 0.05) is 5.33 Å². The molecular formula is C21H26BrN3O4. The van der Waals surface area contributed by atoms with Gasteiger partial charge in [-0.05, 0) is 65.8 Å². The van der Waals surface area contributed by atoms with Gasteiger partial charge in [-0.25, -0.2) is 14.6 Å². The Balaban J connectivity index is 2.47. The van der Waals surface area contributed by atoms with Gasteiger partial charge in [0.2, 0.25) is 0 Å². The molecule has 2 aromatic heterocycles. The third-order valence-electron chi connectivity index (χ3n) is 3.32. The van der Waals surface area contributed by atoms with E-state index in [0.29, 0.717) is 16.7 Å². The van der Waals surface area contributed by atoms with Crippen molar-refractivity contribution in [2.45, 2.75) is 58.1 Å². The number of pyridine rings is 2. The van der Waals surface area contributed by atoms with Crippen LogP contribution in [0.2, 0.25) is 0 Å². The summed E-state index contributed by atoms with van der Waals surface area (Å²) in [6, 6.07) is 10.6. The van der Waals surface area contributed by atoms with E-state index in [1.807, 2.05) is 18.2 Å². The molecular weight excluding hydrogens is 438 g/mol. The van der Waals surface area contributed by atoms with Crippen molar-refractivity contribution in [2.75, 3.05) is 4.90 Å². The Labute approximate surface area is 179 Å². The SMILES string of the molecule is CC(C)(C)OC(=O)N(C(=O)OC(C)(C)C)c1cccc(-c2cccc(CBr)n2)n1. The first-order chi connectivity index (χ1) is 13.4. The van der Waals surface area contributed by atoms with E-state index < -0.39 is 23.4 Å². The summed E-state index contributed by atoms with van der Waals surface area (Å²) in [4.78, 5) is 35.3. The largest absolute Gasteiger partial charge is 0.443 e. The topological polar surface area (TPSA) is 81.6 Å². The third-order valence-corrected chi connectivity index (χ3v) is 3.90. The number of imide groups is 1. The molecule has 8 heteroatoms. The molecule has 0 unspecified atom stereocenters. The summed E-state index contributed by atoms with van der Waals surface area (Å²) in [6.45, 7) is 10.3. The molecule has 0 radical (unpaired) electrons. The number of aromatic nitrogens is 2. The Morgan fingerprint density at radius 2 is 1.34 bits per heavy atom. The van der Waals surface area contributed by atoms with Crippen LogP contribution < -0.4 is 4.90 Å². The van der Waals surface area contributed by atoms with E-state index in [1.54, 1.807) is 59.7 Å². The molecule has 2 aromatic rings. The van der Waals surface area contributed by atoms with Crippen molar-refractivity contribution >= 4 is 33.9 Å². The first-order valence-corrected chi connectivity index (χ1v) is 10.3. The second kappa shape index (κ2) is 8.90. The summed E-state index contributed by atoms with van der Waals surface area (Å²) in [7, 11) is 0. The zero-order chi connectivity index (χ0) is 21.8. The van der Waals surface area contributed by atoms with Crippen LogP contribution in [0.5, 0.6) is 0 Å². The predicted octanol–water partition coefficient (Wildman–Crippen LogP) is 5.72. The maximum absolute atomic E-state index is 12.8. The maximum Gasteiger partial charge on any atom is 0.425 e. The Kier molecular flexibility index (Phi) is 7.00. The average Bonchev–Trinajstić information content (AvgIpc) is 2.59. The van der Waals surface area contributed by atoms with E-state index in [9.17, 15) is 9.59 Å². The molecule has 7 nitrogen and oxygen atoms in total. The van der Waals surface area contributed by atoms with Crippen LogP contribution in [0, 0.1) is 0 Å². The lowest BCUT2D eigenvalue weighted by Gasteiger charge is -2.28. The number of carbonyl (C=O) groups is 2. The molecule has 0 aliphatic carbocycles. The van der Waals surface area contributed by atoms with Crippen LogP contribution in [0.4, 0.5) is 15.4 Å². The molecule has 0 aliphatic rings. The lowest BCUT2D eigenvalue weighted by Crippen LogP contribution is -2.44.